The predicted molar refractivity (Wildman–Crippen MR) is 105 cm³/mol. The number of benzene rings is 1. The van der Waals surface area contributed by atoms with Crippen molar-refractivity contribution < 1.29 is 4.79 Å². The molecule has 3 heterocycles. The minimum atomic E-state index is -0.188. The molecule has 4 rings (SSSR count). The molecule has 7 heteroatoms. The first-order valence-electron chi connectivity index (χ1n) is 8.80. The Balaban J connectivity index is 1.47. The van der Waals surface area contributed by atoms with Gasteiger partial charge in [0.1, 0.15) is 10.7 Å². The normalized spacial score (nSPS) is 14.4. The third-order valence-electron chi connectivity index (χ3n) is 4.51. The second kappa shape index (κ2) is 7.29. The number of carbonyl (C=O) groups is 1. The topological polar surface area (TPSA) is 63.1 Å². The third kappa shape index (κ3) is 3.62. The van der Waals surface area contributed by atoms with Crippen molar-refractivity contribution in [1.29, 1.82) is 0 Å². The van der Waals surface area contributed by atoms with E-state index >= 15 is 0 Å². The van der Waals surface area contributed by atoms with Crippen LogP contribution in [0.4, 0.5) is 11.4 Å². The Morgan fingerprint density at radius 1 is 1.23 bits per heavy atom. The zero-order valence-electron chi connectivity index (χ0n) is 14.7. The molecule has 0 unspecified atom stereocenters. The number of thiazole rings is 1. The van der Waals surface area contributed by atoms with Gasteiger partial charge in [0.2, 0.25) is 0 Å². The average Bonchev–Trinajstić information content (AvgIpc) is 3.32. The number of hydrogen-bond acceptors (Lipinski definition) is 5. The van der Waals surface area contributed by atoms with Crippen LogP contribution in [0.2, 0.25) is 0 Å². The highest BCUT2D eigenvalue weighted by molar-refractivity contribution is 7.13. The van der Waals surface area contributed by atoms with E-state index in [1.54, 1.807) is 16.3 Å². The van der Waals surface area contributed by atoms with Crippen molar-refractivity contribution >= 4 is 28.6 Å². The first kappa shape index (κ1) is 16.8. The van der Waals surface area contributed by atoms with E-state index in [1.165, 1.54) is 30.6 Å². The lowest BCUT2D eigenvalue weighted by Gasteiger charge is -2.29. The summed E-state index contributed by atoms with van der Waals surface area (Å²) in [6.07, 6.45) is 7.40. The van der Waals surface area contributed by atoms with Crippen molar-refractivity contribution in [2.24, 2.45) is 7.05 Å². The quantitative estimate of drug-likeness (QED) is 0.762. The van der Waals surface area contributed by atoms with E-state index in [2.05, 4.69) is 26.4 Å². The number of aryl methyl sites for hydroxylation is 1. The van der Waals surface area contributed by atoms with Crippen molar-refractivity contribution in [3.8, 4) is 10.6 Å². The molecule has 1 fully saturated rings. The van der Waals surface area contributed by atoms with Gasteiger partial charge < -0.3 is 10.2 Å². The number of nitrogens with zero attached hydrogens (tertiary/aromatic N) is 4. The van der Waals surface area contributed by atoms with Crippen LogP contribution in [0, 0.1) is 0 Å². The van der Waals surface area contributed by atoms with E-state index in [0.29, 0.717) is 5.69 Å². The molecule has 26 heavy (non-hydrogen) atoms. The Kier molecular flexibility index (Phi) is 4.71. The van der Waals surface area contributed by atoms with Crippen molar-refractivity contribution in [3.63, 3.8) is 0 Å². The fourth-order valence-electron chi connectivity index (χ4n) is 3.17. The number of amides is 1. The summed E-state index contributed by atoms with van der Waals surface area (Å²) < 4.78 is 1.72. The number of anilines is 2. The Morgan fingerprint density at radius 2 is 2.08 bits per heavy atom. The molecule has 1 amide bonds. The highest BCUT2D eigenvalue weighted by atomic mass is 32.1. The Bertz CT molecular complexity index is 910. The molecule has 0 aliphatic carbocycles. The van der Waals surface area contributed by atoms with Gasteiger partial charge in [0.25, 0.3) is 5.91 Å². The highest BCUT2D eigenvalue weighted by Crippen LogP contribution is 2.25. The van der Waals surface area contributed by atoms with E-state index in [-0.39, 0.29) is 5.91 Å². The molecule has 1 saturated heterocycles. The molecule has 1 aromatic carbocycles. The molecule has 1 aliphatic rings. The van der Waals surface area contributed by atoms with Gasteiger partial charge in [-0.1, -0.05) is 6.07 Å². The highest BCUT2D eigenvalue weighted by Gasteiger charge is 2.15. The van der Waals surface area contributed by atoms with Gasteiger partial charge in [-0.25, -0.2) is 4.98 Å². The number of carbonyl (C=O) groups excluding carboxylic acids is 1. The van der Waals surface area contributed by atoms with E-state index in [1.807, 2.05) is 31.4 Å². The zero-order valence-corrected chi connectivity index (χ0v) is 15.5. The molecule has 3 aromatic rings. The molecule has 0 spiro atoms. The lowest BCUT2D eigenvalue weighted by atomic mass is 10.1. The molecule has 6 nitrogen and oxygen atoms in total. The zero-order chi connectivity index (χ0) is 17.9. The fraction of sp³-hybridized carbons (Fsp3) is 0.316. The van der Waals surface area contributed by atoms with E-state index in [9.17, 15) is 4.79 Å². The van der Waals surface area contributed by atoms with Crippen LogP contribution in [0.25, 0.3) is 10.6 Å². The molecule has 1 N–H and O–H groups in total. The van der Waals surface area contributed by atoms with Gasteiger partial charge >= 0.3 is 0 Å². The van der Waals surface area contributed by atoms with Crippen molar-refractivity contribution in [3.05, 3.63) is 47.7 Å². The van der Waals surface area contributed by atoms with Crippen molar-refractivity contribution in [2.45, 2.75) is 19.3 Å². The maximum Gasteiger partial charge on any atom is 0.275 e. The first-order chi connectivity index (χ1) is 12.7. The number of piperidine rings is 1. The van der Waals surface area contributed by atoms with E-state index < -0.39 is 0 Å². The van der Waals surface area contributed by atoms with Crippen LogP contribution in [0.1, 0.15) is 29.8 Å². The molecule has 0 bridgehead atoms. The number of hydrogen-bond donors (Lipinski definition) is 1. The summed E-state index contributed by atoms with van der Waals surface area (Å²) >= 11 is 1.45. The second-order valence-corrected chi connectivity index (χ2v) is 7.35. The van der Waals surface area contributed by atoms with Crippen molar-refractivity contribution in [1.82, 2.24) is 14.8 Å². The van der Waals surface area contributed by atoms with Crippen LogP contribution in [0.15, 0.2) is 42.0 Å². The standard InChI is InChI=1S/C19H21N5OS/c1-23-12-14(11-20-23)19-22-17(13-26-19)18(25)21-15-6-5-7-16(10-15)24-8-3-2-4-9-24/h5-7,10-13H,2-4,8-9H2,1H3,(H,21,25). The van der Waals surface area contributed by atoms with Crippen LogP contribution < -0.4 is 10.2 Å². The maximum atomic E-state index is 12.6. The number of nitrogens with one attached hydrogen (secondary N) is 1. The molecule has 0 saturated carbocycles. The molecule has 0 radical (unpaired) electrons. The van der Waals surface area contributed by atoms with E-state index in [4.69, 9.17) is 0 Å². The van der Waals surface area contributed by atoms with Crippen LogP contribution in [-0.4, -0.2) is 33.8 Å². The largest absolute Gasteiger partial charge is 0.371 e. The smallest absolute Gasteiger partial charge is 0.275 e. The van der Waals surface area contributed by atoms with Crippen LogP contribution >= 0.6 is 11.3 Å². The third-order valence-corrected chi connectivity index (χ3v) is 5.41. The number of rotatable bonds is 4. The molecular formula is C19H21N5OS. The molecule has 0 atom stereocenters. The van der Waals surface area contributed by atoms with Gasteiger partial charge in [0.05, 0.1) is 6.20 Å². The van der Waals surface area contributed by atoms with Crippen LogP contribution in [0.5, 0.6) is 0 Å². The van der Waals surface area contributed by atoms with E-state index in [0.717, 1.165) is 35.0 Å². The molecular weight excluding hydrogens is 346 g/mol. The minimum Gasteiger partial charge on any atom is -0.371 e. The summed E-state index contributed by atoms with van der Waals surface area (Å²) in [4.78, 5) is 19.4. The first-order valence-corrected chi connectivity index (χ1v) is 9.68. The molecule has 2 aromatic heterocycles. The summed E-state index contributed by atoms with van der Waals surface area (Å²) in [5.74, 6) is -0.188. The van der Waals surface area contributed by atoms with Gasteiger partial charge in [-0.2, -0.15) is 5.10 Å². The average molecular weight is 367 g/mol. The number of aromatic nitrogens is 3. The summed E-state index contributed by atoms with van der Waals surface area (Å²) in [7, 11) is 1.86. The summed E-state index contributed by atoms with van der Waals surface area (Å²) in [5.41, 5.74) is 3.31. The molecule has 134 valence electrons. The second-order valence-electron chi connectivity index (χ2n) is 6.49. The maximum absolute atomic E-state index is 12.6. The molecule has 1 aliphatic heterocycles. The van der Waals surface area contributed by atoms with Crippen LogP contribution in [-0.2, 0) is 7.05 Å². The monoisotopic (exact) mass is 367 g/mol. The Morgan fingerprint density at radius 3 is 2.85 bits per heavy atom. The van der Waals surface area contributed by atoms with Crippen LogP contribution in [0.3, 0.4) is 0 Å². The lowest BCUT2D eigenvalue weighted by molar-refractivity contribution is 0.102. The lowest BCUT2D eigenvalue weighted by Crippen LogP contribution is -2.29. The summed E-state index contributed by atoms with van der Waals surface area (Å²) in [5, 5.41) is 9.69. The predicted octanol–water partition coefficient (Wildman–Crippen LogP) is 3.79. The fourth-order valence-corrected chi connectivity index (χ4v) is 3.95. The van der Waals surface area contributed by atoms with Gasteiger partial charge in [-0.05, 0) is 37.5 Å². The summed E-state index contributed by atoms with van der Waals surface area (Å²) in [6, 6.07) is 8.04. The Hall–Kier alpha value is -2.67. The van der Waals surface area contributed by atoms with Crippen molar-refractivity contribution in [2.75, 3.05) is 23.3 Å². The SMILES string of the molecule is Cn1cc(-c2nc(C(=O)Nc3cccc(N4CCCCC4)c3)cs2)cn1. The Labute approximate surface area is 156 Å². The van der Waals surface area contributed by atoms with Gasteiger partial charge in [-0.15, -0.1) is 11.3 Å². The van der Waals surface area contributed by atoms with Gasteiger partial charge in [-0.3, -0.25) is 9.48 Å². The summed E-state index contributed by atoms with van der Waals surface area (Å²) in [6.45, 7) is 2.16. The van der Waals surface area contributed by atoms with Gasteiger partial charge in [0, 0.05) is 48.7 Å². The minimum absolute atomic E-state index is 0.188. The van der Waals surface area contributed by atoms with Gasteiger partial charge in [0.15, 0.2) is 0 Å².